The highest BCUT2D eigenvalue weighted by Crippen LogP contribution is 2.30. The summed E-state index contributed by atoms with van der Waals surface area (Å²) in [6.07, 6.45) is 1.09. The number of nitrogens with zero attached hydrogens (tertiary/aromatic N) is 1. The Hall–Kier alpha value is -2.61. The van der Waals surface area contributed by atoms with Gasteiger partial charge in [0.1, 0.15) is 11.6 Å². The van der Waals surface area contributed by atoms with Gasteiger partial charge in [-0.05, 0) is 12.1 Å². The van der Waals surface area contributed by atoms with E-state index in [0.717, 1.165) is 12.3 Å². The van der Waals surface area contributed by atoms with Gasteiger partial charge in [0.2, 0.25) is 0 Å². The zero-order chi connectivity index (χ0) is 15.6. The molecule has 2 rings (SSSR count). The van der Waals surface area contributed by atoms with Crippen LogP contribution in [0.25, 0.3) is 0 Å². The normalized spacial score (nSPS) is 10.2. The fraction of sp³-hybridized carbons (Fsp3) is 0.0833. The van der Waals surface area contributed by atoms with E-state index < -0.39 is 23.3 Å². The van der Waals surface area contributed by atoms with Crippen LogP contribution in [0.15, 0.2) is 18.3 Å². The number of ether oxygens (including phenoxy) is 1. The predicted octanol–water partition coefficient (Wildman–Crippen LogP) is 2.16. The zero-order valence-electron chi connectivity index (χ0n) is 10.6. The summed E-state index contributed by atoms with van der Waals surface area (Å²) in [4.78, 5) is 23.0. The first-order chi connectivity index (χ1) is 9.95. The van der Waals surface area contributed by atoms with Crippen molar-refractivity contribution < 1.29 is 23.8 Å². The van der Waals surface area contributed by atoms with Crippen LogP contribution in [-0.2, 0) is 0 Å². The quantitative estimate of drug-likeness (QED) is 0.802. The third-order valence-corrected chi connectivity index (χ3v) is 2.98. The molecule has 0 bridgehead atoms. The number of anilines is 1. The molecule has 1 heterocycles. The maximum Gasteiger partial charge on any atom is 0.356 e. The molecule has 0 saturated heterocycles. The maximum atomic E-state index is 13.8. The van der Waals surface area contributed by atoms with Crippen molar-refractivity contribution in [2.45, 2.75) is 0 Å². The smallest absolute Gasteiger partial charge is 0.356 e. The maximum absolute atomic E-state index is 13.8. The minimum absolute atomic E-state index is 0.106. The third kappa shape index (κ3) is 2.79. The van der Waals surface area contributed by atoms with Crippen LogP contribution in [-0.4, -0.2) is 34.3 Å². The second-order valence-corrected chi connectivity index (χ2v) is 4.23. The monoisotopic (exact) mass is 313 g/mol. The SMILES string of the molecule is COc1ccc(F)c(C(=O)Nc2cn[nH]c2C(=O)O)c1Cl. The predicted molar refractivity (Wildman–Crippen MR) is 71.5 cm³/mol. The highest BCUT2D eigenvalue weighted by atomic mass is 35.5. The molecule has 0 radical (unpaired) electrons. The zero-order valence-corrected chi connectivity index (χ0v) is 11.4. The molecule has 0 aliphatic heterocycles. The Balaban J connectivity index is 2.37. The van der Waals surface area contributed by atoms with Gasteiger partial charge in [0, 0.05) is 0 Å². The molecular weight excluding hydrogens is 305 g/mol. The van der Waals surface area contributed by atoms with Gasteiger partial charge in [-0.3, -0.25) is 9.89 Å². The summed E-state index contributed by atoms with van der Waals surface area (Å²) in [6.45, 7) is 0. The molecule has 21 heavy (non-hydrogen) atoms. The molecule has 2 aromatic rings. The third-order valence-electron chi connectivity index (χ3n) is 2.60. The van der Waals surface area contributed by atoms with E-state index in [1.54, 1.807) is 0 Å². The van der Waals surface area contributed by atoms with E-state index in [-0.39, 0.29) is 22.2 Å². The fourth-order valence-electron chi connectivity index (χ4n) is 1.63. The standard InChI is InChI=1S/C12H9ClFN3O4/c1-21-7-3-2-5(14)8(9(7)13)11(18)16-6-4-15-17-10(6)12(19)20/h2-4H,1H3,(H,15,17)(H,16,18)(H,19,20). The average molecular weight is 314 g/mol. The molecule has 3 N–H and O–H groups in total. The summed E-state index contributed by atoms with van der Waals surface area (Å²) < 4.78 is 18.7. The van der Waals surface area contributed by atoms with Gasteiger partial charge in [0.25, 0.3) is 5.91 Å². The second kappa shape index (κ2) is 5.80. The molecule has 0 aliphatic rings. The molecule has 0 unspecified atom stereocenters. The minimum Gasteiger partial charge on any atom is -0.495 e. The molecule has 1 aromatic carbocycles. The Morgan fingerprint density at radius 2 is 2.19 bits per heavy atom. The highest BCUT2D eigenvalue weighted by molar-refractivity contribution is 6.36. The molecule has 0 saturated carbocycles. The number of rotatable bonds is 4. The lowest BCUT2D eigenvalue weighted by atomic mass is 10.1. The lowest BCUT2D eigenvalue weighted by Crippen LogP contribution is -2.16. The number of hydrogen-bond donors (Lipinski definition) is 3. The van der Waals surface area contributed by atoms with Crippen molar-refractivity contribution in [3.8, 4) is 5.75 Å². The Labute approximate surface area is 122 Å². The summed E-state index contributed by atoms with van der Waals surface area (Å²) in [7, 11) is 1.32. The largest absolute Gasteiger partial charge is 0.495 e. The topological polar surface area (TPSA) is 104 Å². The molecule has 7 nitrogen and oxygen atoms in total. The Morgan fingerprint density at radius 3 is 2.81 bits per heavy atom. The average Bonchev–Trinajstić information content (AvgIpc) is 2.87. The van der Waals surface area contributed by atoms with Gasteiger partial charge in [0.05, 0.1) is 29.6 Å². The van der Waals surface area contributed by atoms with Gasteiger partial charge in [0.15, 0.2) is 5.69 Å². The summed E-state index contributed by atoms with van der Waals surface area (Å²) in [5.41, 5.74) is -0.887. The lowest BCUT2D eigenvalue weighted by molar-refractivity contribution is 0.0691. The van der Waals surface area contributed by atoms with E-state index in [1.807, 2.05) is 0 Å². The van der Waals surface area contributed by atoms with Crippen LogP contribution in [0, 0.1) is 5.82 Å². The number of aromatic amines is 1. The summed E-state index contributed by atoms with van der Waals surface area (Å²) in [5, 5.41) is 16.6. The van der Waals surface area contributed by atoms with Crippen molar-refractivity contribution in [3.05, 3.63) is 40.4 Å². The number of nitrogens with one attached hydrogen (secondary N) is 2. The lowest BCUT2D eigenvalue weighted by Gasteiger charge is -2.10. The van der Waals surface area contributed by atoms with E-state index in [2.05, 4.69) is 15.5 Å². The van der Waals surface area contributed by atoms with Crippen molar-refractivity contribution >= 4 is 29.2 Å². The minimum atomic E-state index is -1.32. The summed E-state index contributed by atoms with van der Waals surface area (Å²) in [6, 6.07) is 2.29. The summed E-state index contributed by atoms with van der Waals surface area (Å²) in [5.74, 6) is -2.98. The summed E-state index contributed by atoms with van der Waals surface area (Å²) >= 11 is 5.89. The number of H-pyrrole nitrogens is 1. The molecule has 110 valence electrons. The molecular formula is C12H9ClFN3O4. The molecule has 1 aromatic heterocycles. The van der Waals surface area contributed by atoms with Crippen molar-refractivity contribution in [1.29, 1.82) is 0 Å². The van der Waals surface area contributed by atoms with Crippen LogP contribution in [0.4, 0.5) is 10.1 Å². The van der Waals surface area contributed by atoms with E-state index in [1.165, 1.54) is 13.2 Å². The number of carbonyl (C=O) groups excluding carboxylic acids is 1. The van der Waals surface area contributed by atoms with Crippen LogP contribution in [0.5, 0.6) is 5.75 Å². The number of aromatic nitrogens is 2. The first-order valence-electron chi connectivity index (χ1n) is 5.55. The Kier molecular flexibility index (Phi) is 4.08. The molecule has 0 fully saturated rings. The van der Waals surface area contributed by atoms with Crippen LogP contribution in [0.3, 0.4) is 0 Å². The highest BCUT2D eigenvalue weighted by Gasteiger charge is 2.22. The number of carboxylic acids is 1. The first kappa shape index (κ1) is 14.8. The van der Waals surface area contributed by atoms with Crippen LogP contribution < -0.4 is 10.1 Å². The number of amides is 1. The molecule has 0 spiro atoms. The number of carboxylic acid groups (broad SMARTS) is 1. The van der Waals surface area contributed by atoms with E-state index >= 15 is 0 Å². The van der Waals surface area contributed by atoms with E-state index in [0.29, 0.717) is 0 Å². The van der Waals surface area contributed by atoms with E-state index in [9.17, 15) is 14.0 Å². The molecule has 0 atom stereocenters. The Morgan fingerprint density at radius 1 is 1.48 bits per heavy atom. The number of benzene rings is 1. The van der Waals surface area contributed by atoms with Crippen molar-refractivity contribution in [3.63, 3.8) is 0 Å². The van der Waals surface area contributed by atoms with Gasteiger partial charge >= 0.3 is 5.97 Å². The number of aromatic carboxylic acids is 1. The second-order valence-electron chi connectivity index (χ2n) is 3.86. The van der Waals surface area contributed by atoms with E-state index in [4.69, 9.17) is 21.4 Å². The van der Waals surface area contributed by atoms with Crippen molar-refractivity contribution in [2.24, 2.45) is 0 Å². The number of methoxy groups -OCH3 is 1. The Bertz CT molecular complexity index is 717. The van der Waals surface area contributed by atoms with Gasteiger partial charge in [-0.2, -0.15) is 5.10 Å². The van der Waals surface area contributed by atoms with Gasteiger partial charge in [-0.1, -0.05) is 11.6 Å². The first-order valence-corrected chi connectivity index (χ1v) is 5.93. The van der Waals surface area contributed by atoms with Gasteiger partial charge in [-0.15, -0.1) is 0 Å². The number of hydrogen-bond acceptors (Lipinski definition) is 4. The van der Waals surface area contributed by atoms with Crippen molar-refractivity contribution in [2.75, 3.05) is 12.4 Å². The van der Waals surface area contributed by atoms with Crippen LogP contribution >= 0.6 is 11.6 Å². The van der Waals surface area contributed by atoms with Gasteiger partial charge in [-0.25, -0.2) is 9.18 Å². The molecule has 1 amide bonds. The molecule has 0 aliphatic carbocycles. The van der Waals surface area contributed by atoms with Crippen molar-refractivity contribution in [1.82, 2.24) is 10.2 Å². The number of carbonyl (C=O) groups is 2. The van der Waals surface area contributed by atoms with Gasteiger partial charge < -0.3 is 15.2 Å². The molecule has 9 heteroatoms. The van der Waals surface area contributed by atoms with Crippen LogP contribution in [0.1, 0.15) is 20.8 Å². The van der Waals surface area contributed by atoms with Crippen LogP contribution in [0.2, 0.25) is 5.02 Å². The number of halogens is 2. The fourth-order valence-corrected chi connectivity index (χ4v) is 1.94.